The van der Waals surface area contributed by atoms with Crippen molar-refractivity contribution in [2.75, 3.05) is 39.5 Å². The minimum atomic E-state index is 0.487. The third kappa shape index (κ3) is 11.2. The van der Waals surface area contributed by atoms with Crippen LogP contribution in [0.25, 0.3) is 0 Å². The summed E-state index contributed by atoms with van der Waals surface area (Å²) in [5, 5.41) is 4.01. The number of nitrogens with two attached hydrogens (primary N) is 2. The zero-order valence-corrected chi connectivity index (χ0v) is 10.9. The summed E-state index contributed by atoms with van der Waals surface area (Å²) in [6.45, 7) is 5.06. The van der Waals surface area contributed by atoms with Crippen LogP contribution in [0.3, 0.4) is 0 Å². The molecule has 0 fully saturated rings. The Labute approximate surface area is 108 Å². The lowest BCUT2D eigenvalue weighted by Crippen LogP contribution is -2.30. The third-order valence-electron chi connectivity index (χ3n) is 2.08. The first-order valence-corrected chi connectivity index (χ1v) is 6.00. The van der Waals surface area contributed by atoms with Crippen LogP contribution in [-0.4, -0.2) is 50.9 Å². The summed E-state index contributed by atoms with van der Waals surface area (Å²) in [6, 6.07) is 0. The number of hydrogen-bond donors (Lipinski definition) is 3. The first kappa shape index (κ1) is 16.7. The Balaban J connectivity index is 3.27. The normalized spacial score (nSPS) is 11.3. The largest absolute Gasteiger partial charge is 0.401 e. The van der Waals surface area contributed by atoms with E-state index in [9.17, 15) is 4.79 Å². The molecule has 0 unspecified atom stereocenters. The molecule has 0 aliphatic heterocycles. The fraction of sp³-hybridized carbons (Fsp3) is 0.727. The highest BCUT2D eigenvalue weighted by Gasteiger charge is 1.95. The molecule has 18 heavy (non-hydrogen) atoms. The van der Waals surface area contributed by atoms with E-state index in [1.54, 1.807) is 6.20 Å². The van der Waals surface area contributed by atoms with Crippen molar-refractivity contribution < 1.29 is 14.3 Å². The molecule has 0 rings (SSSR count). The molecule has 0 aromatic heterocycles. The van der Waals surface area contributed by atoms with Gasteiger partial charge in [-0.15, -0.1) is 0 Å². The number of allylic oxidation sites excluding steroid dienone is 1. The first-order valence-electron chi connectivity index (χ1n) is 6.00. The number of ether oxygens (including phenoxy) is 2. The van der Waals surface area contributed by atoms with Crippen molar-refractivity contribution in [3.63, 3.8) is 0 Å². The Hall–Kier alpha value is -1.31. The van der Waals surface area contributed by atoms with E-state index in [2.05, 4.69) is 5.32 Å². The molecule has 0 aromatic rings. The third-order valence-corrected chi connectivity index (χ3v) is 2.08. The second kappa shape index (κ2) is 12.2. The zero-order valence-electron chi connectivity index (χ0n) is 10.9. The van der Waals surface area contributed by atoms with Crippen LogP contribution in [0.1, 0.15) is 13.3 Å². The van der Waals surface area contributed by atoms with E-state index >= 15 is 0 Å². The minimum Gasteiger partial charge on any atom is -0.401 e. The Bertz CT molecular complexity index is 236. The topological polar surface area (TPSA) is 103 Å². The molecule has 7 nitrogen and oxygen atoms in total. The van der Waals surface area contributed by atoms with Gasteiger partial charge >= 0.3 is 0 Å². The van der Waals surface area contributed by atoms with Gasteiger partial charge in [-0.25, -0.2) is 5.84 Å². The van der Waals surface area contributed by atoms with Gasteiger partial charge in [0.05, 0.1) is 33.0 Å². The molecule has 0 aliphatic carbocycles. The molecule has 0 bridgehead atoms. The molecule has 0 saturated carbocycles. The van der Waals surface area contributed by atoms with Gasteiger partial charge in [0.25, 0.3) is 0 Å². The number of hydrogen-bond acceptors (Lipinski definition) is 6. The van der Waals surface area contributed by atoms with Crippen molar-refractivity contribution in [3.05, 3.63) is 11.9 Å². The van der Waals surface area contributed by atoms with Gasteiger partial charge in [0.15, 0.2) is 0 Å². The molecular weight excluding hydrogens is 236 g/mol. The highest BCUT2D eigenvalue weighted by atomic mass is 16.5. The van der Waals surface area contributed by atoms with Gasteiger partial charge in [-0.1, -0.05) is 6.92 Å². The predicted octanol–water partition coefficient (Wildman–Crippen LogP) is -0.849. The highest BCUT2D eigenvalue weighted by Crippen LogP contribution is 1.91. The van der Waals surface area contributed by atoms with Gasteiger partial charge < -0.3 is 25.5 Å². The molecule has 0 spiro atoms. The maximum Gasteiger partial charge on any atom is 0.207 e. The average Bonchev–Trinajstić information content (AvgIpc) is 2.36. The standard InChI is InChI=1S/C11H24N4O3/c1-2-11(12)9-15(13)4-6-18-8-7-17-5-3-14-10-16/h9-10H,2-8,12-13H2,1H3,(H,14,16)/b11-9-. The Morgan fingerprint density at radius 1 is 1.28 bits per heavy atom. The summed E-state index contributed by atoms with van der Waals surface area (Å²) in [5.74, 6) is 5.67. The zero-order chi connectivity index (χ0) is 13.6. The average molecular weight is 260 g/mol. The summed E-state index contributed by atoms with van der Waals surface area (Å²) in [6.07, 6.45) is 3.12. The summed E-state index contributed by atoms with van der Waals surface area (Å²) in [5.41, 5.74) is 6.37. The molecule has 0 saturated heterocycles. The van der Waals surface area contributed by atoms with Crippen molar-refractivity contribution in [2.45, 2.75) is 13.3 Å². The summed E-state index contributed by atoms with van der Waals surface area (Å²) < 4.78 is 10.5. The fourth-order valence-electron chi connectivity index (χ4n) is 1.05. The number of carbonyl (C=O) groups excluding carboxylic acids is 1. The summed E-state index contributed by atoms with van der Waals surface area (Å²) >= 11 is 0. The number of carbonyl (C=O) groups is 1. The van der Waals surface area contributed by atoms with Crippen molar-refractivity contribution in [2.24, 2.45) is 11.6 Å². The Morgan fingerprint density at radius 3 is 2.56 bits per heavy atom. The van der Waals surface area contributed by atoms with Crippen LogP contribution < -0.4 is 16.9 Å². The van der Waals surface area contributed by atoms with Gasteiger partial charge in [-0.2, -0.15) is 0 Å². The molecule has 0 radical (unpaired) electrons. The second-order valence-electron chi connectivity index (χ2n) is 3.59. The lowest BCUT2D eigenvalue weighted by molar-refractivity contribution is -0.109. The monoisotopic (exact) mass is 260 g/mol. The van der Waals surface area contributed by atoms with Crippen LogP contribution >= 0.6 is 0 Å². The SMILES string of the molecule is CC/C(N)=C/N(N)CCOCCOCCNC=O. The van der Waals surface area contributed by atoms with E-state index in [1.165, 1.54) is 5.01 Å². The Kier molecular flexibility index (Phi) is 11.3. The highest BCUT2D eigenvalue weighted by molar-refractivity contribution is 5.45. The molecule has 5 N–H and O–H groups in total. The van der Waals surface area contributed by atoms with Crippen molar-refractivity contribution in [1.29, 1.82) is 0 Å². The van der Waals surface area contributed by atoms with E-state index in [1.807, 2.05) is 6.92 Å². The number of hydrazine groups is 1. The van der Waals surface area contributed by atoms with E-state index < -0.39 is 0 Å². The van der Waals surface area contributed by atoms with Crippen LogP contribution in [0.5, 0.6) is 0 Å². The molecule has 0 heterocycles. The second-order valence-corrected chi connectivity index (χ2v) is 3.59. The molecule has 7 heteroatoms. The number of rotatable bonds is 12. The van der Waals surface area contributed by atoms with Crippen LogP contribution in [-0.2, 0) is 14.3 Å². The lowest BCUT2D eigenvalue weighted by atomic mass is 10.4. The fourth-order valence-corrected chi connectivity index (χ4v) is 1.05. The molecule has 1 amide bonds. The number of nitrogens with one attached hydrogen (secondary N) is 1. The van der Waals surface area contributed by atoms with Gasteiger partial charge in [-0.3, -0.25) is 4.79 Å². The number of nitrogens with zero attached hydrogens (tertiary/aromatic N) is 1. The van der Waals surface area contributed by atoms with E-state index in [-0.39, 0.29) is 0 Å². The molecule has 0 aliphatic rings. The molecule has 106 valence electrons. The van der Waals surface area contributed by atoms with Gasteiger partial charge in [-0.05, 0) is 6.42 Å². The van der Waals surface area contributed by atoms with Crippen LogP contribution in [0.15, 0.2) is 11.9 Å². The predicted molar refractivity (Wildman–Crippen MR) is 69.2 cm³/mol. The lowest BCUT2D eigenvalue weighted by Gasteiger charge is -2.14. The van der Waals surface area contributed by atoms with E-state index in [0.29, 0.717) is 45.9 Å². The molecule has 0 aromatic carbocycles. The molecule has 0 atom stereocenters. The van der Waals surface area contributed by atoms with E-state index in [0.717, 1.165) is 12.1 Å². The number of amides is 1. The van der Waals surface area contributed by atoms with Crippen molar-refractivity contribution >= 4 is 6.41 Å². The van der Waals surface area contributed by atoms with E-state index in [4.69, 9.17) is 21.1 Å². The maximum absolute atomic E-state index is 9.92. The van der Waals surface area contributed by atoms with Crippen molar-refractivity contribution in [3.8, 4) is 0 Å². The van der Waals surface area contributed by atoms with Crippen LogP contribution in [0.2, 0.25) is 0 Å². The summed E-state index contributed by atoms with van der Waals surface area (Å²) in [4.78, 5) is 9.92. The van der Waals surface area contributed by atoms with Crippen LogP contribution in [0.4, 0.5) is 0 Å². The van der Waals surface area contributed by atoms with Gasteiger partial charge in [0.2, 0.25) is 6.41 Å². The summed E-state index contributed by atoms with van der Waals surface area (Å²) in [7, 11) is 0. The van der Waals surface area contributed by atoms with Gasteiger partial charge in [0, 0.05) is 18.4 Å². The Morgan fingerprint density at radius 2 is 1.94 bits per heavy atom. The quantitative estimate of drug-likeness (QED) is 0.183. The smallest absolute Gasteiger partial charge is 0.207 e. The maximum atomic E-state index is 9.92. The van der Waals surface area contributed by atoms with Crippen molar-refractivity contribution in [1.82, 2.24) is 10.3 Å². The van der Waals surface area contributed by atoms with Crippen LogP contribution in [0, 0.1) is 0 Å². The first-order chi connectivity index (χ1) is 8.70. The van der Waals surface area contributed by atoms with Gasteiger partial charge in [0.1, 0.15) is 0 Å². The molecular formula is C11H24N4O3. The minimum absolute atomic E-state index is 0.487.